The molecule has 0 saturated carbocycles. The second-order valence-electron chi connectivity index (χ2n) is 4.93. The third-order valence-electron chi connectivity index (χ3n) is 3.07. The van der Waals surface area contributed by atoms with Crippen molar-refractivity contribution >= 4 is 32.9 Å². The first-order chi connectivity index (χ1) is 11.0. The molecule has 0 atom stereocenters. The maximum absolute atomic E-state index is 11.3. The number of hydrogen-bond donors (Lipinski definition) is 0. The summed E-state index contributed by atoms with van der Waals surface area (Å²) < 4.78 is 24.6. The van der Waals surface area contributed by atoms with Gasteiger partial charge in [0.1, 0.15) is 9.84 Å². The molecule has 0 N–H and O–H groups in total. The minimum atomic E-state index is -2.98. The predicted octanol–water partition coefficient (Wildman–Crippen LogP) is 3.13. The molecule has 0 amide bonds. The molecule has 8 heteroatoms. The van der Waals surface area contributed by atoms with Crippen LogP contribution in [0.1, 0.15) is 0 Å². The van der Waals surface area contributed by atoms with E-state index in [1.165, 1.54) is 18.0 Å². The number of hydrogen-bond acceptors (Lipinski definition) is 6. The summed E-state index contributed by atoms with van der Waals surface area (Å²) in [5, 5.41) is 11.3. The first kappa shape index (κ1) is 16.2. The third kappa shape index (κ3) is 4.01. The molecule has 3 aromatic rings. The Labute approximate surface area is 143 Å². The van der Waals surface area contributed by atoms with Crippen molar-refractivity contribution in [2.24, 2.45) is 0 Å². The number of benzene rings is 1. The maximum Gasteiger partial charge on any atom is 0.196 e. The van der Waals surface area contributed by atoms with Gasteiger partial charge in [0.05, 0.1) is 10.6 Å². The van der Waals surface area contributed by atoms with Crippen LogP contribution in [0.25, 0.3) is 16.4 Å². The molecule has 0 unspecified atom stereocenters. The van der Waals surface area contributed by atoms with E-state index in [1.807, 2.05) is 52.4 Å². The quantitative estimate of drug-likeness (QED) is 0.628. The van der Waals surface area contributed by atoms with E-state index in [0.717, 1.165) is 16.4 Å². The molecule has 2 heterocycles. The molecular formula is C15H15N3O2S3. The summed E-state index contributed by atoms with van der Waals surface area (Å²) in [6.45, 7) is 0. The van der Waals surface area contributed by atoms with Gasteiger partial charge in [-0.2, -0.15) is 0 Å². The molecule has 0 aliphatic rings. The summed E-state index contributed by atoms with van der Waals surface area (Å²) in [6.07, 6.45) is 1.24. The second kappa shape index (κ2) is 6.86. The monoisotopic (exact) mass is 365 g/mol. The first-order valence-corrected chi connectivity index (χ1v) is 10.8. The molecule has 0 radical (unpaired) electrons. The number of thiophene rings is 1. The zero-order valence-electron chi connectivity index (χ0n) is 12.4. The summed E-state index contributed by atoms with van der Waals surface area (Å²) in [6, 6.07) is 13.8. The Bertz CT molecular complexity index is 872. The van der Waals surface area contributed by atoms with Gasteiger partial charge in [0.2, 0.25) is 0 Å². The maximum atomic E-state index is 11.3. The van der Waals surface area contributed by atoms with Crippen molar-refractivity contribution < 1.29 is 8.42 Å². The fourth-order valence-corrected chi connectivity index (χ4v) is 4.87. The Morgan fingerprint density at radius 2 is 1.91 bits per heavy atom. The Morgan fingerprint density at radius 1 is 1.13 bits per heavy atom. The van der Waals surface area contributed by atoms with Crippen molar-refractivity contribution in [2.45, 2.75) is 5.16 Å². The van der Waals surface area contributed by atoms with Crippen LogP contribution in [0.15, 0.2) is 53.0 Å². The molecular weight excluding hydrogens is 350 g/mol. The highest BCUT2D eigenvalue weighted by molar-refractivity contribution is 8.00. The first-order valence-electron chi connectivity index (χ1n) is 6.90. The number of rotatable bonds is 6. The van der Waals surface area contributed by atoms with Crippen LogP contribution in [0.3, 0.4) is 0 Å². The molecule has 0 bridgehead atoms. The van der Waals surface area contributed by atoms with Gasteiger partial charge in [-0.25, -0.2) is 8.42 Å². The molecule has 1 aromatic carbocycles. The third-order valence-corrected chi connectivity index (χ3v) is 6.08. The van der Waals surface area contributed by atoms with Gasteiger partial charge in [-0.05, 0) is 23.6 Å². The highest BCUT2D eigenvalue weighted by Crippen LogP contribution is 2.30. The van der Waals surface area contributed by atoms with Crippen molar-refractivity contribution in [2.75, 3.05) is 17.8 Å². The normalized spacial score (nSPS) is 11.7. The molecule has 120 valence electrons. The van der Waals surface area contributed by atoms with E-state index in [0.29, 0.717) is 10.9 Å². The van der Waals surface area contributed by atoms with E-state index in [4.69, 9.17) is 0 Å². The van der Waals surface area contributed by atoms with E-state index in [9.17, 15) is 8.42 Å². The second-order valence-corrected chi connectivity index (χ2v) is 9.20. The van der Waals surface area contributed by atoms with Crippen LogP contribution in [0.2, 0.25) is 0 Å². The molecule has 0 spiro atoms. The number of aromatic nitrogens is 3. The van der Waals surface area contributed by atoms with Crippen LogP contribution in [-0.4, -0.2) is 40.9 Å². The van der Waals surface area contributed by atoms with Gasteiger partial charge in [-0.1, -0.05) is 36.0 Å². The highest BCUT2D eigenvalue weighted by Gasteiger charge is 2.17. The summed E-state index contributed by atoms with van der Waals surface area (Å²) in [5.41, 5.74) is 0.961. The fourth-order valence-electron chi connectivity index (χ4n) is 2.02. The van der Waals surface area contributed by atoms with Crippen LogP contribution >= 0.6 is 23.1 Å². The summed E-state index contributed by atoms with van der Waals surface area (Å²) in [4.78, 5) is 1.02. The Balaban J connectivity index is 1.97. The molecule has 23 heavy (non-hydrogen) atoms. The number of para-hydroxylation sites is 1. The van der Waals surface area contributed by atoms with Gasteiger partial charge in [-0.15, -0.1) is 21.5 Å². The van der Waals surface area contributed by atoms with Crippen LogP contribution in [0, 0.1) is 0 Å². The standard InChI is InChI=1S/C15H15N3O2S3/c1-23(19,20)11-10-22-15-17-16-14(13-8-5-9-21-13)18(15)12-6-3-2-4-7-12/h2-9H,10-11H2,1H3. The lowest BCUT2D eigenvalue weighted by Gasteiger charge is -2.09. The average molecular weight is 366 g/mol. The Hall–Kier alpha value is -1.64. The van der Waals surface area contributed by atoms with E-state index in [2.05, 4.69) is 10.2 Å². The summed E-state index contributed by atoms with van der Waals surface area (Å²) >= 11 is 3.00. The van der Waals surface area contributed by atoms with Crippen molar-refractivity contribution in [3.8, 4) is 16.4 Å². The predicted molar refractivity (Wildman–Crippen MR) is 95.1 cm³/mol. The minimum Gasteiger partial charge on any atom is -0.269 e. The molecule has 0 aliphatic carbocycles. The summed E-state index contributed by atoms with van der Waals surface area (Å²) in [5.74, 6) is 1.34. The Kier molecular flexibility index (Phi) is 4.84. The Morgan fingerprint density at radius 3 is 2.57 bits per heavy atom. The van der Waals surface area contributed by atoms with Gasteiger partial charge in [0.25, 0.3) is 0 Å². The fraction of sp³-hybridized carbons (Fsp3) is 0.200. The molecule has 3 rings (SSSR count). The number of sulfone groups is 1. The molecule has 0 aliphatic heterocycles. The highest BCUT2D eigenvalue weighted by atomic mass is 32.2. The van der Waals surface area contributed by atoms with Gasteiger partial charge >= 0.3 is 0 Å². The summed E-state index contributed by atoms with van der Waals surface area (Å²) in [7, 11) is -2.98. The van der Waals surface area contributed by atoms with Crippen LogP contribution < -0.4 is 0 Å². The van der Waals surface area contributed by atoms with E-state index in [1.54, 1.807) is 11.3 Å². The minimum absolute atomic E-state index is 0.119. The van der Waals surface area contributed by atoms with Gasteiger partial charge in [0.15, 0.2) is 11.0 Å². The number of thioether (sulfide) groups is 1. The lowest BCUT2D eigenvalue weighted by molar-refractivity contribution is 0.603. The van der Waals surface area contributed by atoms with Gasteiger partial charge < -0.3 is 0 Å². The van der Waals surface area contributed by atoms with Gasteiger partial charge in [0, 0.05) is 17.7 Å². The number of nitrogens with zero attached hydrogens (tertiary/aromatic N) is 3. The zero-order chi connectivity index (χ0) is 16.3. The lowest BCUT2D eigenvalue weighted by atomic mass is 10.3. The van der Waals surface area contributed by atoms with Crippen molar-refractivity contribution in [1.82, 2.24) is 14.8 Å². The molecule has 2 aromatic heterocycles. The average Bonchev–Trinajstić information content (AvgIpc) is 3.15. The SMILES string of the molecule is CS(=O)(=O)CCSc1nnc(-c2cccs2)n1-c1ccccc1. The van der Waals surface area contributed by atoms with E-state index >= 15 is 0 Å². The zero-order valence-corrected chi connectivity index (χ0v) is 14.9. The molecule has 0 saturated heterocycles. The molecule has 5 nitrogen and oxygen atoms in total. The van der Waals surface area contributed by atoms with Crippen LogP contribution in [0.4, 0.5) is 0 Å². The van der Waals surface area contributed by atoms with Crippen LogP contribution in [0.5, 0.6) is 0 Å². The van der Waals surface area contributed by atoms with E-state index in [-0.39, 0.29) is 5.75 Å². The lowest BCUT2D eigenvalue weighted by Crippen LogP contribution is -2.06. The topological polar surface area (TPSA) is 64.8 Å². The largest absolute Gasteiger partial charge is 0.269 e. The van der Waals surface area contributed by atoms with Crippen molar-refractivity contribution in [3.63, 3.8) is 0 Å². The van der Waals surface area contributed by atoms with Crippen LogP contribution in [-0.2, 0) is 9.84 Å². The van der Waals surface area contributed by atoms with E-state index < -0.39 is 9.84 Å². The van der Waals surface area contributed by atoms with Gasteiger partial charge in [-0.3, -0.25) is 4.57 Å². The van der Waals surface area contributed by atoms with Crippen molar-refractivity contribution in [3.05, 3.63) is 47.8 Å². The molecule has 0 fully saturated rings. The smallest absolute Gasteiger partial charge is 0.196 e. The van der Waals surface area contributed by atoms with Crippen molar-refractivity contribution in [1.29, 1.82) is 0 Å².